The Morgan fingerprint density at radius 1 is 0.745 bits per heavy atom. The van der Waals surface area contributed by atoms with Gasteiger partial charge in [-0.25, -0.2) is 14.8 Å². The lowest BCUT2D eigenvalue weighted by Gasteiger charge is -2.22. The molecule has 11 heteroatoms. The van der Waals surface area contributed by atoms with Gasteiger partial charge in [0.15, 0.2) is 0 Å². The van der Waals surface area contributed by atoms with Crippen LogP contribution in [-0.2, 0) is 10.3 Å². The van der Waals surface area contributed by atoms with E-state index in [1.165, 1.54) is 7.11 Å². The summed E-state index contributed by atoms with van der Waals surface area (Å²) in [5.74, 6) is -1.20. The number of carbonyl (C=O) groups excluding carboxylic acids is 3. The molecular weight excluding hydrogens is 596 g/mol. The van der Waals surface area contributed by atoms with Gasteiger partial charge < -0.3 is 30.4 Å². The average Bonchev–Trinajstić information content (AvgIpc) is 3.68. The van der Waals surface area contributed by atoms with Gasteiger partial charge in [0, 0.05) is 56.8 Å². The van der Waals surface area contributed by atoms with E-state index in [1.54, 1.807) is 56.4 Å². The molecule has 6 aromatic rings. The molecule has 0 atom stereocenters. The molecule has 5 N–H and O–H groups in total. The Balaban J connectivity index is 0.000000208. The van der Waals surface area contributed by atoms with Crippen molar-refractivity contribution in [1.82, 2.24) is 19.9 Å². The van der Waals surface area contributed by atoms with Crippen LogP contribution in [0, 0.1) is 13.8 Å². The molecule has 47 heavy (non-hydrogen) atoms. The minimum atomic E-state index is -1.08. The van der Waals surface area contributed by atoms with Crippen LogP contribution in [0.4, 0.5) is 11.4 Å². The third-order valence-corrected chi connectivity index (χ3v) is 7.19. The number of rotatable bonds is 6. The molecule has 0 aliphatic heterocycles. The Morgan fingerprint density at radius 2 is 1.23 bits per heavy atom. The summed E-state index contributed by atoms with van der Waals surface area (Å²) in [6.45, 7) is 7.03. The van der Waals surface area contributed by atoms with E-state index in [0.29, 0.717) is 22.6 Å². The number of anilines is 2. The van der Waals surface area contributed by atoms with Crippen molar-refractivity contribution in [3.05, 3.63) is 119 Å². The van der Waals surface area contributed by atoms with Crippen LogP contribution in [-0.4, -0.2) is 49.9 Å². The SMILES string of the molecule is C.COC(=O)c1cc2[nH]ccc2cc1NC(=O)c1cccc(C)n1.Cc1cccc(C(=O)Nc2cc3cc[nH]c3cc2C(C)(C)O)n1. The molecule has 0 saturated carbocycles. The first-order valence-corrected chi connectivity index (χ1v) is 14.5. The fraction of sp³-hybridized carbons (Fsp3) is 0.194. The van der Waals surface area contributed by atoms with Crippen LogP contribution in [0.25, 0.3) is 21.8 Å². The summed E-state index contributed by atoms with van der Waals surface area (Å²) < 4.78 is 4.79. The Bertz CT molecular complexity index is 2070. The van der Waals surface area contributed by atoms with E-state index in [-0.39, 0.29) is 30.5 Å². The van der Waals surface area contributed by atoms with Crippen LogP contribution in [0.5, 0.6) is 0 Å². The van der Waals surface area contributed by atoms with Gasteiger partial charge in [0.05, 0.1) is 24.0 Å². The number of fused-ring (bicyclic) bond motifs is 2. The minimum Gasteiger partial charge on any atom is -0.465 e. The summed E-state index contributed by atoms with van der Waals surface area (Å²) >= 11 is 0. The number of carbonyl (C=O) groups is 3. The van der Waals surface area contributed by atoms with Crippen LogP contribution in [0.15, 0.2) is 85.2 Å². The molecule has 0 bridgehead atoms. The molecule has 0 spiro atoms. The predicted molar refractivity (Wildman–Crippen MR) is 184 cm³/mol. The Kier molecular flexibility index (Phi) is 10.2. The Morgan fingerprint density at radius 3 is 1.72 bits per heavy atom. The fourth-order valence-corrected chi connectivity index (χ4v) is 4.90. The molecule has 0 saturated heterocycles. The summed E-state index contributed by atoms with van der Waals surface area (Å²) in [5, 5.41) is 17.9. The highest BCUT2D eigenvalue weighted by Crippen LogP contribution is 2.32. The zero-order chi connectivity index (χ0) is 33.0. The smallest absolute Gasteiger partial charge is 0.340 e. The Hall–Kier alpha value is -5.81. The maximum Gasteiger partial charge on any atom is 0.340 e. The van der Waals surface area contributed by atoms with E-state index in [1.807, 2.05) is 56.4 Å². The van der Waals surface area contributed by atoms with Crippen molar-refractivity contribution in [1.29, 1.82) is 0 Å². The summed E-state index contributed by atoms with van der Waals surface area (Å²) in [6, 6.07) is 21.4. The molecule has 11 nitrogen and oxygen atoms in total. The number of hydrogen-bond acceptors (Lipinski definition) is 7. The van der Waals surface area contributed by atoms with Crippen LogP contribution in [0.2, 0.25) is 0 Å². The van der Waals surface area contributed by atoms with Crippen molar-refractivity contribution in [3.8, 4) is 0 Å². The predicted octanol–water partition coefficient (Wildman–Crippen LogP) is 6.90. The zero-order valence-corrected chi connectivity index (χ0v) is 26.1. The number of ether oxygens (including phenoxy) is 1. The number of aryl methyl sites for hydroxylation is 2. The van der Waals surface area contributed by atoms with E-state index < -0.39 is 11.6 Å². The van der Waals surface area contributed by atoms with E-state index in [9.17, 15) is 19.5 Å². The van der Waals surface area contributed by atoms with Crippen LogP contribution in [0.1, 0.15) is 69.6 Å². The number of aromatic amines is 2. The van der Waals surface area contributed by atoms with Crippen LogP contribution < -0.4 is 10.6 Å². The van der Waals surface area contributed by atoms with Crippen molar-refractivity contribution in [2.24, 2.45) is 0 Å². The zero-order valence-electron chi connectivity index (χ0n) is 26.1. The van der Waals surface area contributed by atoms with Gasteiger partial charge in [0.25, 0.3) is 11.8 Å². The number of aromatic nitrogens is 4. The van der Waals surface area contributed by atoms with E-state index in [2.05, 4.69) is 30.6 Å². The number of esters is 1. The van der Waals surface area contributed by atoms with Gasteiger partial charge in [-0.15, -0.1) is 0 Å². The normalized spacial score (nSPS) is 10.9. The van der Waals surface area contributed by atoms with E-state index in [0.717, 1.165) is 33.2 Å². The van der Waals surface area contributed by atoms with Crippen LogP contribution in [0.3, 0.4) is 0 Å². The lowest BCUT2D eigenvalue weighted by atomic mass is 9.95. The summed E-state index contributed by atoms with van der Waals surface area (Å²) in [5.41, 5.74) is 4.67. The number of benzene rings is 2. The number of aliphatic hydroxyl groups is 1. The molecule has 2 aromatic carbocycles. The second kappa shape index (κ2) is 14.1. The number of pyridine rings is 2. The maximum atomic E-state index is 12.5. The number of nitrogens with one attached hydrogen (secondary N) is 4. The van der Waals surface area contributed by atoms with Gasteiger partial charge in [-0.3, -0.25) is 9.59 Å². The second-order valence-electron chi connectivity index (χ2n) is 11.2. The summed E-state index contributed by atoms with van der Waals surface area (Å²) in [6.07, 6.45) is 3.59. The van der Waals surface area contributed by atoms with Gasteiger partial charge >= 0.3 is 5.97 Å². The highest BCUT2D eigenvalue weighted by molar-refractivity contribution is 6.09. The molecule has 0 fully saturated rings. The second-order valence-corrected chi connectivity index (χ2v) is 11.2. The summed E-state index contributed by atoms with van der Waals surface area (Å²) in [7, 11) is 1.30. The van der Waals surface area contributed by atoms with E-state index >= 15 is 0 Å². The van der Waals surface area contributed by atoms with Gasteiger partial charge in [0.1, 0.15) is 11.4 Å². The molecular formula is C36H38N6O5. The molecule has 0 aliphatic carbocycles. The number of nitrogens with zero attached hydrogens (tertiary/aromatic N) is 2. The largest absolute Gasteiger partial charge is 0.465 e. The first-order valence-electron chi connectivity index (χ1n) is 14.5. The number of H-pyrrole nitrogens is 2. The standard InChI is InChI=1S/C18H19N3O2.C17H15N3O3.CH4/c1-11-5-4-6-14(20-11)17(22)21-16-9-12-7-8-19-15(12)10-13(16)18(2,3)23;1-10-4-3-5-13(19-10)16(21)20-15-8-11-6-7-18-14(11)9-12(15)17(22)23-2;/h4-10,19,23H,1-3H3,(H,21,22);3-9,18H,1-2H3,(H,20,21);1H4. The van der Waals surface area contributed by atoms with Crippen molar-refractivity contribution in [2.75, 3.05) is 17.7 Å². The molecule has 242 valence electrons. The molecule has 0 radical (unpaired) electrons. The molecule has 0 unspecified atom stereocenters. The lowest BCUT2D eigenvalue weighted by molar-refractivity contribution is 0.0601. The highest BCUT2D eigenvalue weighted by atomic mass is 16.5. The molecule has 4 aromatic heterocycles. The van der Waals surface area contributed by atoms with Gasteiger partial charge in [-0.05, 0) is 88.4 Å². The van der Waals surface area contributed by atoms with Crippen molar-refractivity contribution < 1.29 is 24.2 Å². The topological polar surface area (TPSA) is 162 Å². The molecule has 4 heterocycles. The van der Waals surface area contributed by atoms with Crippen molar-refractivity contribution in [2.45, 2.75) is 40.7 Å². The third kappa shape index (κ3) is 7.89. The third-order valence-electron chi connectivity index (χ3n) is 7.19. The lowest BCUT2D eigenvalue weighted by Crippen LogP contribution is -2.21. The quantitative estimate of drug-likeness (QED) is 0.125. The highest BCUT2D eigenvalue weighted by Gasteiger charge is 2.23. The summed E-state index contributed by atoms with van der Waals surface area (Å²) in [4.78, 5) is 51.4. The first kappa shape index (κ1) is 34.1. The minimum absolute atomic E-state index is 0. The monoisotopic (exact) mass is 634 g/mol. The molecule has 0 aliphatic rings. The van der Waals surface area contributed by atoms with Crippen LogP contribution >= 0.6 is 0 Å². The maximum absolute atomic E-state index is 12.5. The number of amides is 2. The number of hydrogen-bond donors (Lipinski definition) is 5. The van der Waals surface area contributed by atoms with Crippen molar-refractivity contribution >= 4 is 51.0 Å². The molecule has 2 amide bonds. The van der Waals surface area contributed by atoms with Gasteiger partial charge in [0.2, 0.25) is 0 Å². The van der Waals surface area contributed by atoms with Gasteiger partial charge in [-0.2, -0.15) is 0 Å². The first-order chi connectivity index (χ1) is 21.9. The number of methoxy groups -OCH3 is 1. The van der Waals surface area contributed by atoms with E-state index in [4.69, 9.17) is 4.74 Å². The molecule has 6 rings (SSSR count). The van der Waals surface area contributed by atoms with Gasteiger partial charge in [-0.1, -0.05) is 19.6 Å². The van der Waals surface area contributed by atoms with Crippen molar-refractivity contribution in [3.63, 3.8) is 0 Å². The Labute approximate surface area is 272 Å². The fourth-order valence-electron chi connectivity index (χ4n) is 4.90. The average molecular weight is 635 g/mol.